The number of rotatable bonds is 4. The van der Waals surface area contributed by atoms with Crippen molar-refractivity contribution in [1.82, 2.24) is 9.80 Å². The summed E-state index contributed by atoms with van der Waals surface area (Å²) in [7, 11) is 0. The van der Waals surface area contributed by atoms with Crippen molar-refractivity contribution >= 4 is 6.09 Å². The molecule has 0 radical (unpaired) electrons. The molecule has 1 heterocycles. The maximum absolute atomic E-state index is 12.9. The van der Waals surface area contributed by atoms with Gasteiger partial charge in [-0.1, -0.05) is 17.2 Å². The summed E-state index contributed by atoms with van der Waals surface area (Å²) >= 11 is 0. The van der Waals surface area contributed by atoms with Gasteiger partial charge in [0, 0.05) is 42.7 Å². The predicted molar refractivity (Wildman–Crippen MR) is 107 cm³/mol. The van der Waals surface area contributed by atoms with Crippen LogP contribution in [-0.2, 0) is 10.9 Å². The lowest BCUT2D eigenvalue weighted by atomic mass is 9.99. The first-order valence-corrected chi connectivity index (χ1v) is 9.77. The molecule has 1 fully saturated rings. The standard InChI is InChI=1S/C20H28F3N5O2/c1-13-11-28(14(2)15-6-8-16(9-7-15)20(21,22)23)17(10-25-26-24)12-27(13)18(29)30-19(3,4)5/h6-9,13-14,17H,10-12H2,1-5H3. The van der Waals surface area contributed by atoms with Gasteiger partial charge in [-0.05, 0) is 57.8 Å². The van der Waals surface area contributed by atoms with Gasteiger partial charge in [0.1, 0.15) is 5.60 Å². The number of alkyl halides is 3. The highest BCUT2D eigenvalue weighted by Crippen LogP contribution is 2.32. The Labute approximate surface area is 174 Å². The second-order valence-electron chi connectivity index (χ2n) is 8.54. The number of carbonyl (C=O) groups is 1. The van der Waals surface area contributed by atoms with E-state index in [1.54, 1.807) is 25.7 Å². The average Bonchev–Trinajstić information content (AvgIpc) is 2.64. The fraction of sp³-hybridized carbons (Fsp3) is 0.650. The number of ether oxygens (including phenoxy) is 1. The van der Waals surface area contributed by atoms with Gasteiger partial charge in [0.15, 0.2) is 0 Å². The van der Waals surface area contributed by atoms with Gasteiger partial charge in [-0.15, -0.1) is 0 Å². The molecule has 166 valence electrons. The summed E-state index contributed by atoms with van der Waals surface area (Å²) in [4.78, 5) is 19.1. The monoisotopic (exact) mass is 427 g/mol. The van der Waals surface area contributed by atoms with Crippen molar-refractivity contribution in [3.8, 4) is 0 Å². The van der Waals surface area contributed by atoms with E-state index in [9.17, 15) is 18.0 Å². The summed E-state index contributed by atoms with van der Waals surface area (Å²) in [6.45, 7) is 10.0. The number of nitrogens with zero attached hydrogens (tertiary/aromatic N) is 5. The highest BCUT2D eigenvalue weighted by atomic mass is 19.4. The van der Waals surface area contributed by atoms with E-state index >= 15 is 0 Å². The van der Waals surface area contributed by atoms with Crippen LogP contribution in [0.5, 0.6) is 0 Å². The fourth-order valence-electron chi connectivity index (χ4n) is 3.55. The van der Waals surface area contributed by atoms with Crippen LogP contribution in [0.1, 0.15) is 51.8 Å². The summed E-state index contributed by atoms with van der Waals surface area (Å²) in [6, 6.07) is 4.35. The topological polar surface area (TPSA) is 81.5 Å². The van der Waals surface area contributed by atoms with Gasteiger partial charge in [-0.2, -0.15) is 13.2 Å². The van der Waals surface area contributed by atoms with Crippen molar-refractivity contribution in [1.29, 1.82) is 0 Å². The molecular weight excluding hydrogens is 399 g/mol. The Morgan fingerprint density at radius 3 is 2.37 bits per heavy atom. The maximum Gasteiger partial charge on any atom is 0.416 e. The van der Waals surface area contributed by atoms with Crippen LogP contribution in [0.2, 0.25) is 0 Å². The number of benzene rings is 1. The first-order valence-electron chi connectivity index (χ1n) is 9.77. The Bertz CT molecular complexity index is 785. The lowest BCUT2D eigenvalue weighted by molar-refractivity contribution is -0.137. The largest absolute Gasteiger partial charge is 0.444 e. The van der Waals surface area contributed by atoms with Gasteiger partial charge in [0.05, 0.1) is 5.56 Å². The summed E-state index contributed by atoms with van der Waals surface area (Å²) in [5.74, 6) is 0. The summed E-state index contributed by atoms with van der Waals surface area (Å²) in [6.07, 6.45) is -4.83. The summed E-state index contributed by atoms with van der Waals surface area (Å²) in [5.41, 5.74) is 8.13. The molecule has 1 aromatic carbocycles. The van der Waals surface area contributed by atoms with Gasteiger partial charge >= 0.3 is 12.3 Å². The molecular formula is C20H28F3N5O2. The zero-order valence-corrected chi connectivity index (χ0v) is 17.8. The van der Waals surface area contributed by atoms with Crippen LogP contribution < -0.4 is 0 Å². The van der Waals surface area contributed by atoms with Crippen LogP contribution >= 0.6 is 0 Å². The first kappa shape index (κ1) is 23.8. The van der Waals surface area contributed by atoms with Crippen LogP contribution in [-0.4, -0.2) is 53.2 Å². The zero-order valence-electron chi connectivity index (χ0n) is 17.8. The molecule has 10 heteroatoms. The maximum atomic E-state index is 12.9. The second kappa shape index (κ2) is 9.14. The quantitative estimate of drug-likeness (QED) is 0.367. The Hall–Kier alpha value is -2.45. The number of amides is 1. The third-order valence-electron chi connectivity index (χ3n) is 5.09. The molecule has 3 unspecified atom stereocenters. The van der Waals surface area contributed by atoms with Crippen molar-refractivity contribution in [2.75, 3.05) is 19.6 Å². The number of piperazine rings is 1. The second-order valence-corrected chi connectivity index (χ2v) is 8.54. The van der Waals surface area contributed by atoms with Crippen LogP contribution in [0.4, 0.5) is 18.0 Å². The number of halogens is 3. The third-order valence-corrected chi connectivity index (χ3v) is 5.09. The van der Waals surface area contributed by atoms with E-state index in [0.29, 0.717) is 18.7 Å². The molecule has 7 nitrogen and oxygen atoms in total. The van der Waals surface area contributed by atoms with Crippen LogP contribution in [0, 0.1) is 0 Å². The van der Waals surface area contributed by atoms with E-state index in [-0.39, 0.29) is 24.7 Å². The van der Waals surface area contributed by atoms with Crippen molar-refractivity contribution in [2.45, 2.75) is 64.5 Å². The Balaban J connectivity index is 2.23. The molecule has 1 aliphatic rings. The minimum atomic E-state index is -4.39. The van der Waals surface area contributed by atoms with Crippen molar-refractivity contribution in [2.24, 2.45) is 5.11 Å². The summed E-state index contributed by atoms with van der Waals surface area (Å²) in [5, 5.41) is 3.67. The molecule has 2 rings (SSSR count). The molecule has 3 atom stereocenters. The molecule has 1 saturated heterocycles. The highest BCUT2D eigenvalue weighted by Gasteiger charge is 2.38. The van der Waals surface area contributed by atoms with Crippen LogP contribution in [0.15, 0.2) is 29.4 Å². The van der Waals surface area contributed by atoms with Crippen molar-refractivity contribution in [3.05, 3.63) is 45.8 Å². The predicted octanol–water partition coefficient (Wildman–Crippen LogP) is 5.39. The molecule has 0 aliphatic carbocycles. The minimum absolute atomic E-state index is 0.132. The van der Waals surface area contributed by atoms with Gasteiger partial charge in [-0.25, -0.2) is 4.79 Å². The summed E-state index contributed by atoms with van der Waals surface area (Å²) < 4.78 is 44.1. The highest BCUT2D eigenvalue weighted by molar-refractivity contribution is 5.68. The zero-order chi connectivity index (χ0) is 22.7. The van der Waals surface area contributed by atoms with Gasteiger partial charge in [0.2, 0.25) is 0 Å². The fourth-order valence-corrected chi connectivity index (χ4v) is 3.55. The van der Waals surface area contributed by atoms with Crippen molar-refractivity contribution in [3.63, 3.8) is 0 Å². The smallest absolute Gasteiger partial charge is 0.416 e. The number of hydrogen-bond donors (Lipinski definition) is 0. The van der Waals surface area contributed by atoms with Crippen LogP contribution in [0.3, 0.4) is 0 Å². The molecule has 0 spiro atoms. The van der Waals surface area contributed by atoms with E-state index in [1.807, 2.05) is 13.8 Å². The molecule has 30 heavy (non-hydrogen) atoms. The normalized spacial score (nSPS) is 21.7. The molecule has 0 saturated carbocycles. The van der Waals surface area contributed by atoms with Gasteiger partial charge in [0.25, 0.3) is 0 Å². The first-order chi connectivity index (χ1) is 13.8. The lowest BCUT2D eigenvalue weighted by Crippen LogP contribution is -2.60. The average molecular weight is 427 g/mol. The molecule has 0 bridgehead atoms. The molecule has 1 aliphatic heterocycles. The Kier molecular flexibility index (Phi) is 7.26. The molecule has 0 aromatic heterocycles. The third kappa shape index (κ3) is 6.03. The van der Waals surface area contributed by atoms with Crippen molar-refractivity contribution < 1.29 is 22.7 Å². The molecule has 1 amide bonds. The lowest BCUT2D eigenvalue weighted by Gasteiger charge is -2.47. The minimum Gasteiger partial charge on any atom is -0.444 e. The molecule has 0 N–H and O–H groups in total. The van der Waals surface area contributed by atoms with Gasteiger partial charge in [-0.3, -0.25) is 4.90 Å². The van der Waals surface area contributed by atoms with Crippen LogP contribution in [0.25, 0.3) is 10.4 Å². The van der Waals surface area contributed by atoms with E-state index in [1.165, 1.54) is 12.1 Å². The number of carbonyl (C=O) groups excluding carboxylic acids is 1. The Morgan fingerprint density at radius 2 is 1.87 bits per heavy atom. The SMILES string of the molecule is CC1CN(C(C)c2ccc(C(F)(F)F)cc2)C(CN=[N+]=[N-])CN1C(=O)OC(C)(C)C. The van der Waals surface area contributed by atoms with E-state index in [2.05, 4.69) is 14.9 Å². The number of hydrogen-bond acceptors (Lipinski definition) is 4. The molecule has 1 aromatic rings. The number of azide groups is 1. The van der Waals surface area contributed by atoms with E-state index in [4.69, 9.17) is 10.3 Å². The van der Waals surface area contributed by atoms with E-state index in [0.717, 1.165) is 12.1 Å². The van der Waals surface area contributed by atoms with E-state index < -0.39 is 23.4 Å². The Morgan fingerprint density at radius 1 is 1.27 bits per heavy atom. The van der Waals surface area contributed by atoms with Gasteiger partial charge < -0.3 is 9.64 Å².